The molecule has 0 saturated heterocycles. The normalized spacial score (nSPS) is 17.9. The number of hydrogen-bond acceptors (Lipinski definition) is 3. The number of aliphatic carboxylic acids is 1. The van der Waals surface area contributed by atoms with E-state index in [0.29, 0.717) is 12.2 Å². The maximum absolute atomic E-state index is 11.6. The van der Waals surface area contributed by atoms with Gasteiger partial charge in [0.15, 0.2) is 0 Å². The molecule has 0 aromatic heterocycles. The highest BCUT2D eigenvalue weighted by atomic mass is 16.5. The van der Waals surface area contributed by atoms with Crippen LogP contribution in [-0.2, 0) is 4.79 Å². The standard InChI is InChI=1S/C14H19NO3/c1-3-14(13(16)17,10-8-9-10)15-11-6-4-5-7-12(11)18-2/h4-7,10,15H,3,8-9H2,1-2H3,(H,16,17). The van der Waals surface area contributed by atoms with E-state index in [1.54, 1.807) is 7.11 Å². The van der Waals surface area contributed by atoms with E-state index in [2.05, 4.69) is 5.32 Å². The van der Waals surface area contributed by atoms with Crippen molar-refractivity contribution in [2.75, 3.05) is 12.4 Å². The van der Waals surface area contributed by atoms with E-state index in [1.165, 1.54) is 0 Å². The molecule has 98 valence electrons. The Morgan fingerprint density at radius 3 is 2.67 bits per heavy atom. The summed E-state index contributed by atoms with van der Waals surface area (Å²) >= 11 is 0. The molecule has 0 amide bonds. The van der Waals surface area contributed by atoms with Crippen LogP contribution in [0.3, 0.4) is 0 Å². The van der Waals surface area contributed by atoms with Crippen LogP contribution in [0.4, 0.5) is 5.69 Å². The molecule has 4 heteroatoms. The maximum atomic E-state index is 11.6. The van der Waals surface area contributed by atoms with Gasteiger partial charge in [0, 0.05) is 0 Å². The number of carboxylic acids is 1. The lowest BCUT2D eigenvalue weighted by Gasteiger charge is -2.31. The number of hydrogen-bond donors (Lipinski definition) is 2. The van der Waals surface area contributed by atoms with Gasteiger partial charge < -0.3 is 15.2 Å². The molecular weight excluding hydrogens is 230 g/mol. The number of ether oxygens (including phenoxy) is 1. The zero-order valence-corrected chi connectivity index (χ0v) is 10.8. The van der Waals surface area contributed by atoms with Crippen molar-refractivity contribution >= 4 is 11.7 Å². The molecule has 1 aromatic rings. The molecule has 1 unspecified atom stereocenters. The fraction of sp³-hybridized carbons (Fsp3) is 0.500. The van der Waals surface area contributed by atoms with Crippen LogP contribution in [0.15, 0.2) is 24.3 Å². The predicted molar refractivity (Wildman–Crippen MR) is 70.0 cm³/mol. The van der Waals surface area contributed by atoms with Crippen molar-refractivity contribution in [2.24, 2.45) is 5.92 Å². The minimum absolute atomic E-state index is 0.213. The molecule has 0 spiro atoms. The second-order valence-corrected chi connectivity index (χ2v) is 4.73. The smallest absolute Gasteiger partial charge is 0.329 e. The number of carbonyl (C=O) groups is 1. The zero-order valence-electron chi connectivity index (χ0n) is 10.8. The molecule has 1 aliphatic rings. The second kappa shape index (κ2) is 4.88. The van der Waals surface area contributed by atoms with Crippen LogP contribution in [0.2, 0.25) is 0 Å². The molecule has 4 nitrogen and oxygen atoms in total. The first-order valence-electron chi connectivity index (χ1n) is 6.28. The van der Waals surface area contributed by atoms with Gasteiger partial charge in [-0.15, -0.1) is 0 Å². The lowest BCUT2D eigenvalue weighted by molar-refractivity contribution is -0.143. The first-order chi connectivity index (χ1) is 8.64. The van der Waals surface area contributed by atoms with Crippen LogP contribution in [0, 0.1) is 5.92 Å². The SMILES string of the molecule is CCC(Nc1ccccc1OC)(C(=O)O)C1CC1. The highest BCUT2D eigenvalue weighted by molar-refractivity contribution is 5.84. The summed E-state index contributed by atoms with van der Waals surface area (Å²) in [6.07, 6.45) is 2.51. The molecule has 0 bridgehead atoms. The summed E-state index contributed by atoms with van der Waals surface area (Å²) in [7, 11) is 1.59. The fourth-order valence-corrected chi connectivity index (χ4v) is 2.42. The first-order valence-corrected chi connectivity index (χ1v) is 6.28. The van der Waals surface area contributed by atoms with Gasteiger partial charge >= 0.3 is 5.97 Å². The summed E-state index contributed by atoms with van der Waals surface area (Å²) in [5.74, 6) is 0.112. The number of nitrogens with one attached hydrogen (secondary N) is 1. The Kier molecular flexibility index (Phi) is 3.45. The average molecular weight is 249 g/mol. The van der Waals surface area contributed by atoms with Crippen molar-refractivity contribution in [3.8, 4) is 5.75 Å². The molecular formula is C14H19NO3. The molecule has 2 N–H and O–H groups in total. The Balaban J connectivity index is 2.31. The number of para-hydroxylation sites is 2. The number of methoxy groups -OCH3 is 1. The Bertz CT molecular complexity index is 442. The predicted octanol–water partition coefficient (Wildman–Crippen LogP) is 2.75. The molecule has 1 atom stereocenters. The van der Waals surface area contributed by atoms with Gasteiger partial charge in [0.05, 0.1) is 12.8 Å². The number of carboxylic acid groups (broad SMARTS) is 1. The minimum atomic E-state index is -0.866. The Hall–Kier alpha value is -1.71. The third-order valence-corrected chi connectivity index (χ3v) is 3.68. The molecule has 18 heavy (non-hydrogen) atoms. The van der Waals surface area contributed by atoms with Gasteiger partial charge in [-0.2, -0.15) is 0 Å². The van der Waals surface area contributed by atoms with Gasteiger partial charge in [-0.1, -0.05) is 19.1 Å². The first kappa shape index (κ1) is 12.7. The van der Waals surface area contributed by atoms with Gasteiger partial charge in [-0.3, -0.25) is 0 Å². The maximum Gasteiger partial charge on any atom is 0.329 e. The molecule has 1 saturated carbocycles. The monoisotopic (exact) mass is 249 g/mol. The van der Waals surface area contributed by atoms with E-state index in [-0.39, 0.29) is 5.92 Å². The Morgan fingerprint density at radius 1 is 1.50 bits per heavy atom. The zero-order chi connectivity index (χ0) is 13.2. The summed E-state index contributed by atoms with van der Waals surface area (Å²) in [4.78, 5) is 11.6. The van der Waals surface area contributed by atoms with E-state index in [9.17, 15) is 9.90 Å². The molecule has 2 rings (SSSR count). The molecule has 1 fully saturated rings. The van der Waals surface area contributed by atoms with Crippen LogP contribution >= 0.6 is 0 Å². The molecule has 0 radical (unpaired) electrons. The van der Waals surface area contributed by atoms with Gasteiger partial charge in [0.2, 0.25) is 0 Å². The van der Waals surface area contributed by atoms with Crippen LogP contribution < -0.4 is 10.1 Å². The molecule has 1 aromatic carbocycles. The highest BCUT2D eigenvalue weighted by Gasteiger charge is 2.50. The van der Waals surface area contributed by atoms with Crippen molar-refractivity contribution in [1.82, 2.24) is 0 Å². The lowest BCUT2D eigenvalue weighted by atomic mass is 9.89. The molecule has 0 heterocycles. The van der Waals surface area contributed by atoms with Crippen LogP contribution in [0.5, 0.6) is 5.75 Å². The van der Waals surface area contributed by atoms with Crippen molar-refractivity contribution in [1.29, 1.82) is 0 Å². The highest BCUT2D eigenvalue weighted by Crippen LogP contribution is 2.44. The van der Waals surface area contributed by atoms with Crippen molar-refractivity contribution in [3.63, 3.8) is 0 Å². The van der Waals surface area contributed by atoms with E-state index >= 15 is 0 Å². The lowest BCUT2D eigenvalue weighted by Crippen LogP contribution is -2.48. The topological polar surface area (TPSA) is 58.6 Å². The van der Waals surface area contributed by atoms with Crippen LogP contribution in [0.25, 0.3) is 0 Å². The van der Waals surface area contributed by atoms with Crippen molar-refractivity contribution in [3.05, 3.63) is 24.3 Å². The van der Waals surface area contributed by atoms with E-state index in [1.807, 2.05) is 31.2 Å². The quantitative estimate of drug-likeness (QED) is 0.814. The van der Waals surface area contributed by atoms with Gasteiger partial charge in [0.25, 0.3) is 0 Å². The largest absolute Gasteiger partial charge is 0.495 e. The number of rotatable bonds is 6. The van der Waals surface area contributed by atoms with Gasteiger partial charge in [0.1, 0.15) is 11.3 Å². The van der Waals surface area contributed by atoms with Gasteiger partial charge in [-0.25, -0.2) is 4.79 Å². The molecule has 0 aliphatic heterocycles. The fourth-order valence-electron chi connectivity index (χ4n) is 2.42. The van der Waals surface area contributed by atoms with Crippen LogP contribution in [-0.4, -0.2) is 23.7 Å². The molecule has 1 aliphatic carbocycles. The summed E-state index contributed by atoms with van der Waals surface area (Å²) in [6.45, 7) is 1.91. The van der Waals surface area contributed by atoms with E-state index in [0.717, 1.165) is 18.5 Å². The summed E-state index contributed by atoms with van der Waals surface area (Å²) in [6, 6.07) is 7.43. The summed E-state index contributed by atoms with van der Waals surface area (Å²) in [5.41, 5.74) is -0.120. The third kappa shape index (κ3) is 2.15. The minimum Gasteiger partial charge on any atom is -0.495 e. The van der Waals surface area contributed by atoms with E-state index in [4.69, 9.17) is 4.74 Å². The van der Waals surface area contributed by atoms with Crippen molar-refractivity contribution < 1.29 is 14.6 Å². The Labute approximate surface area is 107 Å². The van der Waals surface area contributed by atoms with Crippen molar-refractivity contribution in [2.45, 2.75) is 31.7 Å². The summed E-state index contributed by atoms with van der Waals surface area (Å²) in [5, 5.41) is 12.8. The number of benzene rings is 1. The summed E-state index contributed by atoms with van der Waals surface area (Å²) < 4.78 is 5.26. The second-order valence-electron chi connectivity index (χ2n) is 4.73. The van der Waals surface area contributed by atoms with E-state index < -0.39 is 11.5 Å². The van der Waals surface area contributed by atoms with Crippen LogP contribution in [0.1, 0.15) is 26.2 Å². The third-order valence-electron chi connectivity index (χ3n) is 3.68. The van der Waals surface area contributed by atoms with Gasteiger partial charge in [-0.05, 0) is 37.3 Å². The Morgan fingerprint density at radius 2 is 2.17 bits per heavy atom. The number of anilines is 1. The average Bonchev–Trinajstić information content (AvgIpc) is 3.20.